The van der Waals surface area contributed by atoms with Crippen molar-refractivity contribution < 1.29 is 18.0 Å². The highest BCUT2D eigenvalue weighted by molar-refractivity contribution is 7.29. The van der Waals surface area contributed by atoms with Crippen LogP contribution < -0.4 is 0 Å². The molecule has 0 aromatic carbocycles. The maximum absolute atomic E-state index is 12.7. The second kappa shape index (κ2) is 7.59. The number of aryl methyl sites for hydroxylation is 1. The summed E-state index contributed by atoms with van der Waals surface area (Å²) in [6.07, 6.45) is -2.98. The quantitative estimate of drug-likeness (QED) is 0.604. The minimum Gasteiger partial charge on any atom is -0.341 e. The average Bonchev–Trinajstić information content (AvgIpc) is 3.22. The summed E-state index contributed by atoms with van der Waals surface area (Å²) in [4.78, 5) is 18.3. The highest BCUT2D eigenvalue weighted by atomic mass is 35.5. The third-order valence-electron chi connectivity index (χ3n) is 4.52. The van der Waals surface area contributed by atoms with Gasteiger partial charge in [0.15, 0.2) is 21.9 Å². The van der Waals surface area contributed by atoms with Crippen LogP contribution in [0, 0.1) is 12.3 Å². The van der Waals surface area contributed by atoms with Gasteiger partial charge in [-0.15, -0.1) is 0 Å². The zero-order chi connectivity index (χ0) is 19.8. The van der Waals surface area contributed by atoms with Crippen LogP contribution in [0.5, 0.6) is 0 Å². The molecule has 11 heteroatoms. The molecule has 3 rings (SSSR count). The van der Waals surface area contributed by atoms with Gasteiger partial charge in [0.05, 0.1) is 0 Å². The molecule has 1 fully saturated rings. The van der Waals surface area contributed by atoms with Gasteiger partial charge in [-0.1, -0.05) is 11.6 Å². The summed E-state index contributed by atoms with van der Waals surface area (Å²) >= 11 is 5.65. The predicted molar refractivity (Wildman–Crippen MR) is 96.2 cm³/mol. The third kappa shape index (κ3) is 4.49. The summed E-state index contributed by atoms with van der Waals surface area (Å²) in [5.74, 6) is -0.240. The lowest BCUT2D eigenvalue weighted by Gasteiger charge is -2.28. The second-order valence-corrected chi connectivity index (χ2v) is 8.67. The number of aromatic nitrogens is 3. The SMILES string of the molecule is Cc1cc(C(F)(F)F)nn1CC(=O)N1CCC([s+]2cnc(C(=N)Cl)c2)CC1. The fourth-order valence-electron chi connectivity index (χ4n) is 3.01. The van der Waals surface area contributed by atoms with E-state index in [2.05, 4.69) is 10.1 Å². The number of halogens is 4. The van der Waals surface area contributed by atoms with Gasteiger partial charge in [0.1, 0.15) is 11.8 Å². The van der Waals surface area contributed by atoms with Crippen molar-refractivity contribution in [2.75, 3.05) is 13.1 Å². The average molecular weight is 421 g/mol. The normalized spacial score (nSPS) is 16.6. The highest BCUT2D eigenvalue weighted by Crippen LogP contribution is 2.39. The van der Waals surface area contributed by atoms with Crippen LogP contribution in [0.3, 0.4) is 0 Å². The van der Waals surface area contributed by atoms with Crippen LogP contribution in [0.1, 0.15) is 35.2 Å². The van der Waals surface area contributed by atoms with Gasteiger partial charge in [0.2, 0.25) is 11.4 Å². The molecule has 0 bridgehead atoms. The first-order valence-corrected chi connectivity index (χ1v) is 10.0. The van der Waals surface area contributed by atoms with Gasteiger partial charge in [-0.3, -0.25) is 14.9 Å². The van der Waals surface area contributed by atoms with Crippen molar-refractivity contribution in [3.63, 3.8) is 0 Å². The van der Waals surface area contributed by atoms with Crippen LogP contribution in [0.4, 0.5) is 13.2 Å². The first kappa shape index (κ1) is 19.8. The van der Waals surface area contributed by atoms with Crippen LogP contribution in [-0.2, 0) is 17.5 Å². The van der Waals surface area contributed by atoms with Crippen molar-refractivity contribution in [2.24, 2.45) is 0 Å². The summed E-state index contributed by atoms with van der Waals surface area (Å²) in [6, 6.07) is 0.943. The van der Waals surface area contributed by atoms with Crippen LogP contribution in [0.2, 0.25) is 0 Å². The second-order valence-electron chi connectivity index (χ2n) is 6.37. The molecule has 1 atom stereocenters. The Morgan fingerprint density at radius 2 is 2.07 bits per heavy atom. The maximum Gasteiger partial charge on any atom is 0.435 e. The van der Waals surface area contributed by atoms with E-state index in [4.69, 9.17) is 17.0 Å². The van der Waals surface area contributed by atoms with Crippen molar-refractivity contribution >= 4 is 33.1 Å². The minimum atomic E-state index is -4.52. The maximum atomic E-state index is 12.7. The monoisotopic (exact) mass is 420 g/mol. The predicted octanol–water partition coefficient (Wildman–Crippen LogP) is 3.78. The molecule has 3 heterocycles. The molecular formula is C16H18ClF3N5OS+. The van der Waals surface area contributed by atoms with Crippen molar-refractivity contribution in [2.45, 2.75) is 37.7 Å². The molecule has 2 aromatic rings. The first-order valence-electron chi connectivity index (χ1n) is 8.25. The smallest absolute Gasteiger partial charge is 0.341 e. The lowest BCUT2D eigenvalue weighted by Crippen LogP contribution is -2.39. The largest absolute Gasteiger partial charge is 0.435 e. The van der Waals surface area contributed by atoms with Crippen molar-refractivity contribution in [3.8, 4) is 0 Å². The summed E-state index contributed by atoms with van der Waals surface area (Å²) in [6.45, 7) is 2.37. The highest BCUT2D eigenvalue weighted by Gasteiger charge is 2.35. The number of carbonyl (C=O) groups excluding carboxylic acids is 1. The number of piperidine rings is 1. The first-order chi connectivity index (χ1) is 12.6. The van der Waals surface area contributed by atoms with Gasteiger partial charge < -0.3 is 4.90 Å². The van der Waals surface area contributed by atoms with Crippen LogP contribution in [-0.4, -0.2) is 43.8 Å². The molecule has 1 unspecified atom stereocenters. The van der Waals surface area contributed by atoms with E-state index in [1.165, 1.54) is 6.92 Å². The molecule has 1 aliphatic heterocycles. The van der Waals surface area contributed by atoms with E-state index in [1.54, 1.807) is 10.4 Å². The van der Waals surface area contributed by atoms with Crippen molar-refractivity contribution in [3.05, 3.63) is 34.0 Å². The van der Waals surface area contributed by atoms with E-state index in [-0.39, 0.29) is 28.1 Å². The van der Waals surface area contributed by atoms with Crippen molar-refractivity contribution in [1.29, 1.82) is 5.41 Å². The third-order valence-corrected chi connectivity index (χ3v) is 6.80. The molecule has 1 aliphatic rings. The molecule has 146 valence electrons. The molecule has 0 saturated carbocycles. The van der Waals surface area contributed by atoms with E-state index in [9.17, 15) is 18.0 Å². The van der Waals surface area contributed by atoms with E-state index in [0.717, 1.165) is 23.6 Å². The summed E-state index contributed by atoms with van der Waals surface area (Å²) in [5, 5.41) is 13.0. The molecule has 27 heavy (non-hydrogen) atoms. The van der Waals surface area contributed by atoms with Gasteiger partial charge in [-0.05, 0) is 13.0 Å². The Morgan fingerprint density at radius 1 is 1.41 bits per heavy atom. The van der Waals surface area contributed by atoms with E-state index < -0.39 is 11.9 Å². The minimum absolute atomic E-state index is 0.0818. The Hall–Kier alpha value is -1.94. The number of nitrogens with zero attached hydrogens (tertiary/aromatic N) is 4. The Kier molecular flexibility index (Phi) is 5.57. The van der Waals surface area contributed by atoms with Crippen LogP contribution in [0.15, 0.2) is 17.0 Å². The van der Waals surface area contributed by atoms with Gasteiger partial charge in [0.25, 0.3) is 0 Å². The van der Waals surface area contributed by atoms with Crippen molar-refractivity contribution in [1.82, 2.24) is 19.7 Å². The van der Waals surface area contributed by atoms with Crippen LogP contribution in [0.25, 0.3) is 0 Å². The zero-order valence-corrected chi connectivity index (χ0v) is 16.0. The number of thiazole rings is 1. The fraction of sp³-hybridized carbons (Fsp3) is 0.500. The zero-order valence-electron chi connectivity index (χ0n) is 14.5. The number of rotatable bonds is 4. The number of hydrogen-bond acceptors (Lipinski definition) is 4. The van der Waals surface area contributed by atoms with Gasteiger partial charge in [-0.2, -0.15) is 23.3 Å². The summed E-state index contributed by atoms with van der Waals surface area (Å²) in [5.41, 5.74) is 1.60. The number of alkyl halides is 3. The molecule has 6 nitrogen and oxygen atoms in total. The molecule has 1 saturated heterocycles. The van der Waals surface area contributed by atoms with E-state index in [1.807, 2.05) is 5.38 Å². The lowest BCUT2D eigenvalue weighted by atomic mass is 10.1. The fourth-order valence-corrected chi connectivity index (χ4v) is 5.03. The van der Waals surface area contributed by atoms with E-state index in [0.29, 0.717) is 29.7 Å². The topological polar surface area (TPSA) is 74.9 Å². The molecule has 0 spiro atoms. The van der Waals surface area contributed by atoms with Gasteiger partial charge >= 0.3 is 6.18 Å². The van der Waals surface area contributed by atoms with Crippen LogP contribution >= 0.6 is 22.1 Å². The Bertz CT molecular complexity index is 855. The molecule has 1 N–H and O–H groups in total. The Labute approximate surface area is 161 Å². The van der Waals surface area contributed by atoms with Gasteiger partial charge in [-0.25, -0.2) is 0 Å². The Balaban J connectivity index is 1.58. The standard InChI is InChI=1S/C16H18ClF3N5OS/c1-10-6-13(16(18,19)20)23-25(10)7-14(26)24-4-2-11(3-5-24)27-8-12(15(17)21)22-9-27/h6,8-9,11,21H,2-5,7H2,1H3/q+1. The molecular weight excluding hydrogens is 403 g/mol. The Morgan fingerprint density at radius 3 is 2.59 bits per heavy atom. The number of nitrogens with one attached hydrogen (secondary N) is 1. The molecule has 0 radical (unpaired) electrons. The van der Waals surface area contributed by atoms with Gasteiger partial charge in [0, 0.05) is 42.1 Å². The summed E-state index contributed by atoms with van der Waals surface area (Å²) < 4.78 is 39.3. The summed E-state index contributed by atoms with van der Waals surface area (Å²) in [7, 11) is -0.200. The number of likely N-dealkylation sites (tertiary alicyclic amines) is 1. The molecule has 2 aromatic heterocycles. The van der Waals surface area contributed by atoms with E-state index >= 15 is 0 Å². The molecule has 0 aliphatic carbocycles. The lowest BCUT2D eigenvalue weighted by molar-refractivity contribution is -0.142. The number of amides is 1. The molecule has 1 amide bonds. The number of hydrogen-bond donors (Lipinski definition) is 1. The number of carbonyl (C=O) groups is 1.